The summed E-state index contributed by atoms with van der Waals surface area (Å²) in [5, 5.41) is 5.50. The van der Waals surface area contributed by atoms with Gasteiger partial charge in [-0.3, -0.25) is 9.52 Å². The zero-order valence-electron chi connectivity index (χ0n) is 23.0. The topological polar surface area (TPSA) is 90.5 Å². The van der Waals surface area contributed by atoms with Gasteiger partial charge in [0.25, 0.3) is 0 Å². The summed E-state index contributed by atoms with van der Waals surface area (Å²) in [6.07, 6.45) is 6.18. The number of carbonyl (C=O) groups excluding carboxylic acids is 2. The van der Waals surface area contributed by atoms with Crippen molar-refractivity contribution >= 4 is 51.5 Å². The average molecular weight is 585 g/mol. The van der Waals surface area contributed by atoms with Crippen molar-refractivity contribution < 1.29 is 18.2 Å². The lowest BCUT2D eigenvalue weighted by Crippen LogP contribution is -2.40. The maximum atomic E-state index is 14.3. The van der Waals surface area contributed by atoms with Crippen LogP contribution < -0.4 is 15.4 Å². The van der Waals surface area contributed by atoms with Gasteiger partial charge in [-0.1, -0.05) is 44.5 Å². The highest BCUT2D eigenvalue weighted by Gasteiger charge is 2.18. The molecule has 11 heteroatoms. The minimum Gasteiger partial charge on any atom is -0.386 e. The van der Waals surface area contributed by atoms with E-state index in [9.17, 15) is 18.2 Å². The third kappa shape index (κ3) is 10.2. The van der Waals surface area contributed by atoms with E-state index in [2.05, 4.69) is 15.4 Å². The van der Waals surface area contributed by atoms with E-state index in [1.165, 1.54) is 6.07 Å². The van der Waals surface area contributed by atoms with Gasteiger partial charge in [-0.05, 0) is 68.7 Å². The third-order valence-corrected chi connectivity index (χ3v) is 7.81. The van der Waals surface area contributed by atoms with Gasteiger partial charge in [0.2, 0.25) is 5.91 Å². The standard InChI is InChI=1S/C25H32ClFN4O3S2.C2H6/c1-6-8-19(10-9-17(4)29-25(33)30-36(34)24-12-11-22(26)35-24)31(7-2)23(32)15-18-14-20(27)21(28-5)13-16(18)3;1-2/h8-14,17,28H,6-7,15H2,1-5H3,(H2,29,30,33);1-2H3/b10-9-,19-8+;. The molecule has 0 aliphatic carbocycles. The second-order valence-electron chi connectivity index (χ2n) is 7.91. The van der Waals surface area contributed by atoms with Crippen molar-refractivity contribution in [3.8, 4) is 0 Å². The number of urea groups is 1. The van der Waals surface area contributed by atoms with E-state index in [1.807, 2.05) is 40.7 Å². The second-order valence-corrected chi connectivity index (χ2v) is 11.1. The molecule has 0 fully saturated rings. The molecule has 0 saturated carbocycles. The van der Waals surface area contributed by atoms with E-state index in [1.54, 1.807) is 49.2 Å². The van der Waals surface area contributed by atoms with Gasteiger partial charge in [0.1, 0.15) is 10.0 Å². The molecule has 210 valence electrons. The lowest BCUT2D eigenvalue weighted by atomic mass is 10.0. The highest BCUT2D eigenvalue weighted by atomic mass is 35.5. The SMILES string of the molecule is CC.CC/C=C(\C=C/C(C)NC(=O)NS(=O)c1ccc(Cl)s1)N(CC)C(=O)Cc1cc(F)c(NC)cc1C. The first-order chi connectivity index (χ1) is 18.1. The number of nitrogens with one attached hydrogen (secondary N) is 3. The molecular weight excluding hydrogens is 547 g/mol. The zero-order valence-corrected chi connectivity index (χ0v) is 25.4. The smallest absolute Gasteiger partial charge is 0.327 e. The van der Waals surface area contributed by atoms with Crippen molar-refractivity contribution in [1.29, 1.82) is 0 Å². The quantitative estimate of drug-likeness (QED) is 0.261. The van der Waals surface area contributed by atoms with Crippen molar-refractivity contribution in [2.75, 3.05) is 18.9 Å². The van der Waals surface area contributed by atoms with Crippen molar-refractivity contribution in [2.24, 2.45) is 0 Å². The molecule has 0 aliphatic heterocycles. The maximum absolute atomic E-state index is 14.3. The van der Waals surface area contributed by atoms with Gasteiger partial charge in [-0.25, -0.2) is 13.4 Å². The molecule has 1 aromatic carbocycles. The van der Waals surface area contributed by atoms with Gasteiger partial charge in [-0.15, -0.1) is 11.3 Å². The van der Waals surface area contributed by atoms with E-state index in [-0.39, 0.29) is 12.3 Å². The first kappa shape index (κ1) is 33.3. The van der Waals surface area contributed by atoms with Gasteiger partial charge < -0.3 is 15.5 Å². The molecule has 2 rings (SSSR count). The Labute approximate surface area is 237 Å². The Hall–Kier alpha value is -2.69. The Balaban J connectivity index is 0.00000352. The number of benzene rings is 1. The van der Waals surface area contributed by atoms with E-state index < -0.39 is 28.9 Å². The fraction of sp³-hybridized carbons (Fsp3) is 0.407. The summed E-state index contributed by atoms with van der Waals surface area (Å²) in [6, 6.07) is 5.29. The number of nitrogens with zero attached hydrogens (tertiary/aromatic N) is 1. The summed E-state index contributed by atoms with van der Waals surface area (Å²) < 4.78 is 29.8. The minimum absolute atomic E-state index is 0.0598. The summed E-state index contributed by atoms with van der Waals surface area (Å²) in [7, 11) is -0.0651. The monoisotopic (exact) mass is 584 g/mol. The van der Waals surface area contributed by atoms with Crippen LogP contribution in [-0.2, 0) is 22.2 Å². The number of anilines is 1. The summed E-state index contributed by atoms with van der Waals surface area (Å²) in [6.45, 7) is 11.9. The molecule has 0 aliphatic rings. The van der Waals surface area contributed by atoms with Gasteiger partial charge in [-0.2, -0.15) is 0 Å². The van der Waals surface area contributed by atoms with Gasteiger partial charge >= 0.3 is 6.03 Å². The predicted octanol–water partition coefficient (Wildman–Crippen LogP) is 6.57. The Bertz CT molecular complexity index is 1170. The second kappa shape index (κ2) is 17.0. The van der Waals surface area contributed by atoms with Crippen LogP contribution in [0.5, 0.6) is 0 Å². The number of aryl methyl sites for hydroxylation is 1. The highest BCUT2D eigenvalue weighted by Crippen LogP contribution is 2.24. The lowest BCUT2D eigenvalue weighted by Gasteiger charge is -2.23. The Morgan fingerprint density at radius 3 is 2.47 bits per heavy atom. The van der Waals surface area contributed by atoms with Crippen LogP contribution >= 0.6 is 22.9 Å². The van der Waals surface area contributed by atoms with Crippen LogP contribution in [0.3, 0.4) is 0 Å². The third-order valence-electron chi connectivity index (χ3n) is 5.21. The fourth-order valence-corrected chi connectivity index (χ4v) is 5.53. The molecule has 0 spiro atoms. The Morgan fingerprint density at radius 2 is 1.92 bits per heavy atom. The zero-order chi connectivity index (χ0) is 28.8. The van der Waals surface area contributed by atoms with Crippen LogP contribution in [0, 0.1) is 12.7 Å². The van der Waals surface area contributed by atoms with E-state index in [4.69, 9.17) is 11.6 Å². The molecule has 0 radical (unpaired) electrons. The highest BCUT2D eigenvalue weighted by molar-refractivity contribution is 7.86. The van der Waals surface area contributed by atoms with Gasteiger partial charge in [0.05, 0.1) is 16.4 Å². The number of hydrogen-bond acceptors (Lipinski definition) is 5. The number of hydrogen-bond donors (Lipinski definition) is 3. The Kier molecular flexibility index (Phi) is 14.9. The van der Waals surface area contributed by atoms with Crippen molar-refractivity contribution in [3.63, 3.8) is 0 Å². The molecule has 0 saturated heterocycles. The number of halogens is 2. The van der Waals surface area contributed by atoms with Crippen LogP contribution in [-0.4, -0.2) is 40.7 Å². The predicted molar refractivity (Wildman–Crippen MR) is 158 cm³/mol. The molecule has 38 heavy (non-hydrogen) atoms. The first-order valence-electron chi connectivity index (χ1n) is 12.5. The van der Waals surface area contributed by atoms with Crippen molar-refractivity contribution in [3.05, 3.63) is 69.5 Å². The lowest BCUT2D eigenvalue weighted by molar-refractivity contribution is -0.128. The van der Waals surface area contributed by atoms with E-state index >= 15 is 0 Å². The Morgan fingerprint density at radius 1 is 1.24 bits per heavy atom. The van der Waals surface area contributed by atoms with Crippen molar-refractivity contribution in [1.82, 2.24) is 14.9 Å². The minimum atomic E-state index is -1.71. The van der Waals surface area contributed by atoms with Gasteiger partial charge in [0, 0.05) is 25.3 Å². The number of amides is 3. The molecule has 2 unspecified atom stereocenters. The van der Waals surface area contributed by atoms with Crippen LogP contribution in [0.25, 0.3) is 0 Å². The normalized spacial score (nSPS) is 12.8. The van der Waals surface area contributed by atoms with Gasteiger partial charge in [0.15, 0.2) is 11.0 Å². The van der Waals surface area contributed by atoms with E-state index in [0.717, 1.165) is 16.9 Å². The molecule has 1 aromatic heterocycles. The number of carbonyl (C=O) groups is 2. The molecule has 2 aromatic rings. The van der Waals surface area contributed by atoms with Crippen LogP contribution in [0.1, 0.15) is 52.2 Å². The summed E-state index contributed by atoms with van der Waals surface area (Å²) in [4.78, 5) is 27.0. The number of rotatable bonds is 11. The summed E-state index contributed by atoms with van der Waals surface area (Å²) in [5.41, 5.74) is 2.52. The molecule has 7 nitrogen and oxygen atoms in total. The summed E-state index contributed by atoms with van der Waals surface area (Å²) in [5.74, 6) is -0.565. The number of allylic oxidation sites excluding steroid dienone is 2. The van der Waals surface area contributed by atoms with Crippen molar-refractivity contribution in [2.45, 2.75) is 64.6 Å². The van der Waals surface area contributed by atoms with E-state index in [0.29, 0.717) is 38.5 Å². The van der Waals surface area contributed by atoms with Crippen LogP contribution in [0.2, 0.25) is 4.34 Å². The van der Waals surface area contributed by atoms with Crippen LogP contribution in [0.15, 0.2) is 52.4 Å². The maximum Gasteiger partial charge on any atom is 0.327 e. The molecule has 2 atom stereocenters. The molecule has 3 amide bonds. The largest absolute Gasteiger partial charge is 0.386 e. The molecular formula is C27H38ClFN4O3S2. The molecule has 0 bridgehead atoms. The fourth-order valence-electron chi connectivity index (χ4n) is 3.40. The van der Waals surface area contributed by atoms with Crippen LogP contribution in [0.4, 0.5) is 14.9 Å². The number of likely N-dealkylation sites (N-methyl/N-ethyl adjacent to an activating group) is 1. The molecule has 1 heterocycles. The molecule has 3 N–H and O–H groups in total. The first-order valence-corrected chi connectivity index (χ1v) is 14.8. The summed E-state index contributed by atoms with van der Waals surface area (Å²) >= 11 is 6.98. The average Bonchev–Trinajstić information content (AvgIpc) is 3.32. The number of thiophene rings is 1.